The molecule has 2 unspecified atom stereocenters. The maximum atomic E-state index is 6.11. The lowest BCUT2D eigenvalue weighted by Gasteiger charge is -2.42. The Labute approximate surface area is 68.7 Å². The molecule has 0 aliphatic carbocycles. The van der Waals surface area contributed by atoms with Crippen molar-refractivity contribution in [1.29, 1.82) is 0 Å². The van der Waals surface area contributed by atoms with Gasteiger partial charge in [-0.25, -0.2) is 0 Å². The molecule has 3 heteroatoms. The van der Waals surface area contributed by atoms with Gasteiger partial charge in [0.25, 0.3) is 0 Å². The first-order valence-corrected chi connectivity index (χ1v) is 4.26. The molecule has 1 saturated heterocycles. The Morgan fingerprint density at radius 2 is 2.27 bits per heavy atom. The molecule has 1 aliphatic heterocycles. The third-order valence-electron chi connectivity index (χ3n) is 2.91. The van der Waals surface area contributed by atoms with Crippen molar-refractivity contribution in [2.45, 2.75) is 18.9 Å². The number of piperidine rings is 1. The van der Waals surface area contributed by atoms with Crippen LogP contribution in [0.4, 0.5) is 0 Å². The Bertz CT molecular complexity index is 137. The molecule has 3 nitrogen and oxygen atoms in total. The minimum absolute atomic E-state index is 0.105. The maximum absolute atomic E-state index is 6.11. The molecule has 0 aromatic carbocycles. The van der Waals surface area contributed by atoms with Gasteiger partial charge in [-0.15, -0.1) is 0 Å². The van der Waals surface area contributed by atoms with Crippen molar-refractivity contribution in [3.63, 3.8) is 0 Å². The van der Waals surface area contributed by atoms with Crippen LogP contribution in [0.2, 0.25) is 0 Å². The number of hydrogen-bond donors (Lipinski definition) is 2. The van der Waals surface area contributed by atoms with Gasteiger partial charge >= 0.3 is 0 Å². The molecule has 11 heavy (non-hydrogen) atoms. The van der Waals surface area contributed by atoms with Gasteiger partial charge in [-0.2, -0.15) is 0 Å². The zero-order valence-electron chi connectivity index (χ0n) is 7.51. The summed E-state index contributed by atoms with van der Waals surface area (Å²) in [7, 11) is 2.13. The smallest absolute Gasteiger partial charge is 0.0329 e. The van der Waals surface area contributed by atoms with Gasteiger partial charge in [0.1, 0.15) is 0 Å². The van der Waals surface area contributed by atoms with Gasteiger partial charge in [0.15, 0.2) is 0 Å². The zero-order valence-corrected chi connectivity index (χ0v) is 7.51. The molecule has 1 fully saturated rings. The fraction of sp³-hybridized carbons (Fsp3) is 1.00. The van der Waals surface area contributed by atoms with E-state index in [0.717, 1.165) is 19.5 Å². The van der Waals surface area contributed by atoms with Crippen LogP contribution in [0.1, 0.15) is 13.3 Å². The van der Waals surface area contributed by atoms with E-state index in [0.29, 0.717) is 12.5 Å². The van der Waals surface area contributed by atoms with Gasteiger partial charge in [0.05, 0.1) is 0 Å². The first kappa shape index (κ1) is 8.97. The van der Waals surface area contributed by atoms with Crippen LogP contribution in [0.5, 0.6) is 0 Å². The lowest BCUT2D eigenvalue weighted by atomic mass is 9.80. The van der Waals surface area contributed by atoms with E-state index in [-0.39, 0.29) is 5.54 Å². The topological polar surface area (TPSA) is 55.3 Å². The van der Waals surface area contributed by atoms with Crippen molar-refractivity contribution in [3.05, 3.63) is 0 Å². The maximum Gasteiger partial charge on any atom is 0.0329 e. The Balaban J connectivity index is 2.56. The van der Waals surface area contributed by atoms with Crippen LogP contribution in [-0.4, -0.2) is 37.1 Å². The first-order valence-electron chi connectivity index (χ1n) is 4.26. The summed E-state index contributed by atoms with van der Waals surface area (Å²) in [5, 5.41) is 0. The van der Waals surface area contributed by atoms with Crippen LogP contribution < -0.4 is 11.5 Å². The Kier molecular flexibility index (Phi) is 2.52. The summed E-state index contributed by atoms with van der Waals surface area (Å²) in [6.07, 6.45) is 1.03. The number of likely N-dealkylation sites (tertiary alicyclic amines) is 1. The molecule has 2 atom stereocenters. The fourth-order valence-electron chi connectivity index (χ4n) is 1.69. The average Bonchev–Trinajstić information content (AvgIpc) is 1.98. The molecular weight excluding hydrogens is 138 g/mol. The standard InChI is InChI=1S/C8H19N3/c1-7-5-11(2)4-3-8(7,10)6-9/h7H,3-6,9-10H2,1-2H3. The Morgan fingerprint density at radius 3 is 2.73 bits per heavy atom. The van der Waals surface area contributed by atoms with E-state index in [2.05, 4.69) is 18.9 Å². The predicted octanol–water partition coefficient (Wildman–Crippen LogP) is -0.386. The first-order chi connectivity index (χ1) is 5.08. The minimum atomic E-state index is -0.105. The van der Waals surface area contributed by atoms with Gasteiger partial charge in [-0.3, -0.25) is 0 Å². The minimum Gasteiger partial charge on any atom is -0.329 e. The van der Waals surface area contributed by atoms with Crippen LogP contribution in [0.25, 0.3) is 0 Å². The second-order valence-electron chi connectivity index (χ2n) is 3.85. The second kappa shape index (κ2) is 3.09. The highest BCUT2D eigenvalue weighted by atomic mass is 15.1. The molecule has 0 bridgehead atoms. The molecule has 0 radical (unpaired) electrons. The molecule has 1 heterocycles. The fourth-order valence-corrected chi connectivity index (χ4v) is 1.69. The third-order valence-corrected chi connectivity index (χ3v) is 2.91. The Hall–Kier alpha value is -0.120. The highest BCUT2D eigenvalue weighted by Crippen LogP contribution is 2.23. The van der Waals surface area contributed by atoms with Gasteiger partial charge in [0, 0.05) is 18.6 Å². The van der Waals surface area contributed by atoms with E-state index in [1.165, 1.54) is 0 Å². The van der Waals surface area contributed by atoms with E-state index < -0.39 is 0 Å². The lowest BCUT2D eigenvalue weighted by molar-refractivity contribution is 0.131. The summed E-state index contributed by atoms with van der Waals surface area (Å²) in [6, 6.07) is 0. The van der Waals surface area contributed by atoms with Crippen molar-refractivity contribution in [2.75, 3.05) is 26.7 Å². The van der Waals surface area contributed by atoms with Crippen LogP contribution >= 0.6 is 0 Å². The molecule has 0 saturated carbocycles. The molecule has 0 spiro atoms. The van der Waals surface area contributed by atoms with Crippen LogP contribution in [0.3, 0.4) is 0 Å². The van der Waals surface area contributed by atoms with Crippen molar-refractivity contribution in [2.24, 2.45) is 17.4 Å². The van der Waals surface area contributed by atoms with Gasteiger partial charge in [-0.05, 0) is 25.9 Å². The normalized spacial score (nSPS) is 40.9. The van der Waals surface area contributed by atoms with Gasteiger partial charge in [-0.1, -0.05) is 6.92 Å². The molecule has 1 rings (SSSR count). The summed E-state index contributed by atoms with van der Waals surface area (Å²) >= 11 is 0. The third kappa shape index (κ3) is 1.72. The number of rotatable bonds is 1. The molecule has 4 N–H and O–H groups in total. The number of nitrogens with zero attached hydrogens (tertiary/aromatic N) is 1. The Morgan fingerprint density at radius 1 is 1.64 bits per heavy atom. The SMILES string of the molecule is CC1CN(C)CCC1(N)CN. The summed E-state index contributed by atoms with van der Waals surface area (Å²) in [5.74, 6) is 0.520. The average molecular weight is 157 g/mol. The van der Waals surface area contributed by atoms with Crippen LogP contribution in [0, 0.1) is 5.92 Å². The highest BCUT2D eigenvalue weighted by Gasteiger charge is 2.34. The summed E-state index contributed by atoms with van der Waals surface area (Å²) in [4.78, 5) is 2.31. The molecular formula is C8H19N3. The summed E-state index contributed by atoms with van der Waals surface area (Å²) in [5.41, 5.74) is 11.6. The van der Waals surface area contributed by atoms with Crippen LogP contribution in [0.15, 0.2) is 0 Å². The van der Waals surface area contributed by atoms with E-state index >= 15 is 0 Å². The monoisotopic (exact) mass is 157 g/mol. The van der Waals surface area contributed by atoms with Crippen molar-refractivity contribution in [1.82, 2.24) is 4.90 Å². The second-order valence-corrected chi connectivity index (χ2v) is 3.85. The highest BCUT2D eigenvalue weighted by molar-refractivity contribution is 4.95. The van der Waals surface area contributed by atoms with Gasteiger partial charge in [0.2, 0.25) is 0 Å². The van der Waals surface area contributed by atoms with E-state index in [9.17, 15) is 0 Å². The lowest BCUT2D eigenvalue weighted by Crippen LogP contribution is -2.59. The largest absolute Gasteiger partial charge is 0.329 e. The number of nitrogens with two attached hydrogens (primary N) is 2. The summed E-state index contributed by atoms with van der Waals surface area (Å²) in [6.45, 7) is 4.95. The van der Waals surface area contributed by atoms with Crippen molar-refractivity contribution >= 4 is 0 Å². The predicted molar refractivity (Wildman–Crippen MR) is 47.3 cm³/mol. The van der Waals surface area contributed by atoms with E-state index in [1.54, 1.807) is 0 Å². The quantitative estimate of drug-likeness (QED) is 0.545. The van der Waals surface area contributed by atoms with Gasteiger partial charge < -0.3 is 16.4 Å². The number of hydrogen-bond acceptors (Lipinski definition) is 3. The molecule has 0 amide bonds. The van der Waals surface area contributed by atoms with E-state index in [4.69, 9.17) is 11.5 Å². The molecule has 1 aliphatic rings. The van der Waals surface area contributed by atoms with Crippen molar-refractivity contribution in [3.8, 4) is 0 Å². The zero-order chi connectivity index (χ0) is 8.48. The van der Waals surface area contributed by atoms with Crippen molar-refractivity contribution < 1.29 is 0 Å². The molecule has 0 aromatic heterocycles. The summed E-state index contributed by atoms with van der Waals surface area (Å²) < 4.78 is 0. The molecule has 0 aromatic rings. The van der Waals surface area contributed by atoms with Crippen LogP contribution in [-0.2, 0) is 0 Å². The molecule has 66 valence electrons. The van der Waals surface area contributed by atoms with E-state index in [1.807, 2.05) is 0 Å².